The minimum atomic E-state index is -4.59. The number of halogens is 4. The van der Waals surface area contributed by atoms with Crippen LogP contribution in [0.25, 0.3) is 0 Å². The Morgan fingerprint density at radius 2 is 1.86 bits per heavy atom. The molecule has 1 aromatic carbocycles. The molecule has 0 fully saturated rings. The summed E-state index contributed by atoms with van der Waals surface area (Å²) in [6.45, 7) is 0.899. The van der Waals surface area contributed by atoms with Crippen LogP contribution in [0.4, 0.5) is 24.8 Å². The normalized spacial score (nSPS) is 13.8. The molecule has 5 nitrogen and oxygen atoms in total. The average Bonchev–Trinajstić information content (AvgIpc) is 2.46. The molecule has 0 bridgehead atoms. The van der Waals surface area contributed by atoms with Crippen molar-refractivity contribution in [1.29, 1.82) is 0 Å². The molecule has 3 rings (SSSR count). The number of alkyl halides is 3. The van der Waals surface area contributed by atoms with Gasteiger partial charge < -0.3 is 14.8 Å². The average molecular weight is 332 g/mol. The number of fused-ring (bicyclic) bond motifs is 1. The molecule has 0 saturated heterocycles. The summed E-state index contributed by atoms with van der Waals surface area (Å²) >= 11 is 5.54. The van der Waals surface area contributed by atoms with Crippen molar-refractivity contribution in [3.05, 3.63) is 35.1 Å². The van der Waals surface area contributed by atoms with Gasteiger partial charge in [0.1, 0.15) is 23.9 Å². The zero-order chi connectivity index (χ0) is 15.7. The molecule has 22 heavy (non-hydrogen) atoms. The lowest BCUT2D eigenvalue weighted by Crippen LogP contribution is -2.15. The van der Waals surface area contributed by atoms with Crippen LogP contribution in [0.1, 0.15) is 5.56 Å². The lowest BCUT2D eigenvalue weighted by molar-refractivity contribution is -0.137. The minimum absolute atomic E-state index is 0.0466. The van der Waals surface area contributed by atoms with E-state index >= 15 is 0 Å². The van der Waals surface area contributed by atoms with Gasteiger partial charge in [-0.15, -0.1) is 0 Å². The molecule has 1 aliphatic heterocycles. The first-order valence-electron chi connectivity index (χ1n) is 6.20. The predicted molar refractivity (Wildman–Crippen MR) is 72.8 cm³/mol. The van der Waals surface area contributed by atoms with E-state index < -0.39 is 16.9 Å². The third kappa shape index (κ3) is 3.01. The molecule has 0 atom stereocenters. The third-order valence-electron chi connectivity index (χ3n) is 2.85. The molecular formula is C13H9ClF3N3O2. The molecule has 0 spiro atoms. The summed E-state index contributed by atoms with van der Waals surface area (Å²) in [5.41, 5.74) is -0.540. The fourth-order valence-electron chi connectivity index (χ4n) is 1.86. The van der Waals surface area contributed by atoms with Gasteiger partial charge in [-0.25, -0.2) is 9.97 Å². The van der Waals surface area contributed by atoms with Gasteiger partial charge in [0.25, 0.3) is 0 Å². The Hall–Kier alpha value is -2.22. The maximum absolute atomic E-state index is 12.6. The van der Waals surface area contributed by atoms with Gasteiger partial charge in [0, 0.05) is 18.0 Å². The van der Waals surface area contributed by atoms with Crippen LogP contribution >= 0.6 is 11.6 Å². The molecule has 0 radical (unpaired) electrons. The van der Waals surface area contributed by atoms with Gasteiger partial charge in [-0.3, -0.25) is 0 Å². The Bertz CT molecular complexity index is 709. The first kappa shape index (κ1) is 14.7. The van der Waals surface area contributed by atoms with Gasteiger partial charge in [0.2, 0.25) is 5.95 Å². The number of benzene rings is 1. The Kier molecular flexibility index (Phi) is 3.69. The number of nitrogens with one attached hydrogen (secondary N) is 1. The summed E-state index contributed by atoms with van der Waals surface area (Å²) < 4.78 is 48.5. The van der Waals surface area contributed by atoms with Crippen LogP contribution < -0.4 is 14.8 Å². The Morgan fingerprint density at radius 1 is 1.14 bits per heavy atom. The number of ether oxygens (including phenoxy) is 2. The van der Waals surface area contributed by atoms with E-state index in [1.807, 2.05) is 0 Å². The standard InChI is InChI=1S/C13H9ClF3N3O2/c14-11-8(13(15,16)17)6-18-12(20-11)19-7-1-2-9-10(5-7)22-4-3-21-9/h1-2,5-6H,3-4H2,(H,18,19,20). The highest BCUT2D eigenvalue weighted by Crippen LogP contribution is 2.35. The van der Waals surface area contributed by atoms with Crippen molar-refractivity contribution in [2.75, 3.05) is 18.5 Å². The van der Waals surface area contributed by atoms with E-state index in [0.717, 1.165) is 0 Å². The zero-order valence-corrected chi connectivity index (χ0v) is 11.7. The van der Waals surface area contributed by atoms with E-state index in [2.05, 4.69) is 15.3 Å². The molecule has 0 aliphatic carbocycles. The van der Waals surface area contributed by atoms with Crippen LogP contribution in [0.2, 0.25) is 5.15 Å². The number of nitrogens with zero attached hydrogens (tertiary/aromatic N) is 2. The molecule has 9 heteroatoms. The van der Waals surface area contributed by atoms with E-state index in [-0.39, 0.29) is 5.95 Å². The quantitative estimate of drug-likeness (QED) is 0.851. The van der Waals surface area contributed by atoms with Crippen molar-refractivity contribution in [2.45, 2.75) is 6.18 Å². The maximum atomic E-state index is 12.6. The first-order valence-corrected chi connectivity index (χ1v) is 6.58. The number of hydrogen-bond donors (Lipinski definition) is 1. The summed E-state index contributed by atoms with van der Waals surface area (Å²) in [7, 11) is 0. The monoisotopic (exact) mass is 331 g/mol. The molecular weight excluding hydrogens is 323 g/mol. The van der Waals surface area contributed by atoms with Crippen molar-refractivity contribution in [3.63, 3.8) is 0 Å². The fourth-order valence-corrected chi connectivity index (χ4v) is 2.10. The number of aromatic nitrogens is 2. The molecule has 1 aliphatic rings. The highest BCUT2D eigenvalue weighted by molar-refractivity contribution is 6.30. The smallest absolute Gasteiger partial charge is 0.420 e. The lowest BCUT2D eigenvalue weighted by Gasteiger charge is -2.19. The van der Waals surface area contributed by atoms with Gasteiger partial charge in [0.05, 0.1) is 0 Å². The van der Waals surface area contributed by atoms with Crippen LogP contribution in [-0.2, 0) is 6.18 Å². The topological polar surface area (TPSA) is 56.3 Å². The van der Waals surface area contributed by atoms with Crippen LogP contribution in [0.3, 0.4) is 0 Å². The van der Waals surface area contributed by atoms with Gasteiger partial charge in [-0.05, 0) is 12.1 Å². The second-order valence-electron chi connectivity index (χ2n) is 4.38. The second-order valence-corrected chi connectivity index (χ2v) is 4.74. The van der Waals surface area contributed by atoms with E-state index in [0.29, 0.717) is 36.6 Å². The predicted octanol–water partition coefficient (Wildman–Crippen LogP) is 3.66. The SMILES string of the molecule is FC(F)(F)c1cnc(Nc2ccc3c(c2)OCCO3)nc1Cl. The zero-order valence-electron chi connectivity index (χ0n) is 10.9. The maximum Gasteiger partial charge on any atom is 0.420 e. The van der Waals surface area contributed by atoms with Crippen molar-refractivity contribution < 1.29 is 22.6 Å². The number of rotatable bonds is 2. The highest BCUT2D eigenvalue weighted by Gasteiger charge is 2.34. The minimum Gasteiger partial charge on any atom is -0.486 e. The molecule has 0 amide bonds. The summed E-state index contributed by atoms with van der Waals surface area (Å²) in [5.74, 6) is 1.09. The van der Waals surface area contributed by atoms with Crippen LogP contribution in [0.15, 0.2) is 24.4 Å². The summed E-state index contributed by atoms with van der Waals surface area (Å²) in [6.07, 6.45) is -3.96. The Balaban J connectivity index is 1.83. The van der Waals surface area contributed by atoms with Crippen LogP contribution in [-0.4, -0.2) is 23.2 Å². The molecule has 2 heterocycles. The highest BCUT2D eigenvalue weighted by atomic mass is 35.5. The summed E-state index contributed by atoms with van der Waals surface area (Å²) in [4.78, 5) is 7.21. The molecule has 116 valence electrons. The molecule has 0 saturated carbocycles. The molecule has 2 aromatic rings. The van der Waals surface area contributed by atoms with Crippen LogP contribution in [0, 0.1) is 0 Å². The lowest BCUT2D eigenvalue weighted by atomic mass is 10.2. The van der Waals surface area contributed by atoms with E-state index in [1.54, 1.807) is 18.2 Å². The van der Waals surface area contributed by atoms with Crippen molar-refractivity contribution >= 4 is 23.2 Å². The fraction of sp³-hybridized carbons (Fsp3) is 0.231. The third-order valence-corrected chi connectivity index (χ3v) is 3.13. The van der Waals surface area contributed by atoms with E-state index in [9.17, 15) is 13.2 Å². The van der Waals surface area contributed by atoms with Crippen molar-refractivity contribution in [2.24, 2.45) is 0 Å². The van der Waals surface area contributed by atoms with Gasteiger partial charge in [-0.1, -0.05) is 11.6 Å². The molecule has 1 N–H and O–H groups in total. The first-order chi connectivity index (χ1) is 10.4. The second kappa shape index (κ2) is 5.53. The van der Waals surface area contributed by atoms with E-state index in [4.69, 9.17) is 21.1 Å². The Morgan fingerprint density at radius 3 is 2.55 bits per heavy atom. The van der Waals surface area contributed by atoms with Gasteiger partial charge >= 0.3 is 6.18 Å². The summed E-state index contributed by atoms with van der Waals surface area (Å²) in [5, 5.41) is 2.10. The number of hydrogen-bond acceptors (Lipinski definition) is 5. The van der Waals surface area contributed by atoms with E-state index in [1.165, 1.54) is 0 Å². The Labute approximate surface area is 128 Å². The van der Waals surface area contributed by atoms with Gasteiger partial charge in [0.15, 0.2) is 11.5 Å². The van der Waals surface area contributed by atoms with Crippen molar-refractivity contribution in [3.8, 4) is 11.5 Å². The largest absolute Gasteiger partial charge is 0.486 e. The number of anilines is 2. The van der Waals surface area contributed by atoms with Crippen molar-refractivity contribution in [1.82, 2.24) is 9.97 Å². The molecule has 0 unspecified atom stereocenters. The summed E-state index contributed by atoms with van der Waals surface area (Å²) in [6, 6.07) is 4.99. The van der Waals surface area contributed by atoms with Crippen LogP contribution in [0.5, 0.6) is 11.5 Å². The van der Waals surface area contributed by atoms with Gasteiger partial charge in [-0.2, -0.15) is 13.2 Å². The molecule has 1 aromatic heterocycles.